The maximum Gasteiger partial charge on any atom is -0.00213 e. The average molecular weight is 227 g/mol. The average Bonchev–Trinajstić information content (AvgIpc) is 2.29. The molecule has 16 heavy (non-hydrogen) atoms. The second-order valence-corrected chi connectivity index (χ2v) is 4.92. The van der Waals surface area contributed by atoms with Crippen LogP contribution in [-0.2, 0) is 0 Å². The molecule has 1 rings (SSSR count). The van der Waals surface area contributed by atoms with Crippen LogP contribution in [0.2, 0.25) is 0 Å². The van der Waals surface area contributed by atoms with Gasteiger partial charge in [0.15, 0.2) is 0 Å². The molecule has 3 heteroatoms. The molecule has 0 unspecified atom stereocenters. The molecular weight excluding hydrogens is 198 g/mol. The van der Waals surface area contributed by atoms with Gasteiger partial charge in [-0.05, 0) is 84.8 Å². The second-order valence-electron chi connectivity index (χ2n) is 4.92. The molecule has 0 aromatic rings. The van der Waals surface area contributed by atoms with E-state index in [0.29, 0.717) is 0 Å². The summed E-state index contributed by atoms with van der Waals surface area (Å²) in [6.07, 6.45) is 7.94. The molecule has 0 aliphatic carbocycles. The van der Waals surface area contributed by atoms with E-state index in [2.05, 4.69) is 22.6 Å². The summed E-state index contributed by atoms with van der Waals surface area (Å²) < 4.78 is 0. The van der Waals surface area contributed by atoms with Gasteiger partial charge < -0.3 is 15.5 Å². The third-order valence-corrected chi connectivity index (χ3v) is 3.24. The Morgan fingerprint density at radius 2 is 1.00 bits per heavy atom. The predicted octanol–water partition coefficient (Wildman–Crippen LogP) is 1.45. The zero-order valence-corrected chi connectivity index (χ0v) is 10.9. The van der Waals surface area contributed by atoms with Crippen molar-refractivity contribution in [3.05, 3.63) is 0 Å². The Morgan fingerprint density at radius 1 is 0.625 bits per heavy atom. The fourth-order valence-corrected chi connectivity index (χ4v) is 2.13. The molecule has 0 atom stereocenters. The smallest absolute Gasteiger partial charge is 0.00213 e. The summed E-state index contributed by atoms with van der Waals surface area (Å²) in [7, 11) is 2.25. The SMILES string of the molecule is CN1CCCCNCCCCNCCCC1. The molecule has 1 saturated heterocycles. The number of nitrogens with one attached hydrogen (secondary N) is 2. The number of hydrogen-bond donors (Lipinski definition) is 2. The zero-order valence-electron chi connectivity index (χ0n) is 10.9. The lowest BCUT2D eigenvalue weighted by Gasteiger charge is -2.16. The molecule has 1 fully saturated rings. The summed E-state index contributed by atoms with van der Waals surface area (Å²) in [5, 5.41) is 7.05. The first-order chi connectivity index (χ1) is 7.89. The lowest BCUT2D eigenvalue weighted by atomic mass is 10.2. The van der Waals surface area contributed by atoms with Crippen LogP contribution in [0.5, 0.6) is 0 Å². The van der Waals surface area contributed by atoms with Crippen molar-refractivity contribution < 1.29 is 0 Å². The monoisotopic (exact) mass is 227 g/mol. The van der Waals surface area contributed by atoms with Gasteiger partial charge in [0.2, 0.25) is 0 Å². The Bertz CT molecular complexity index is 134. The van der Waals surface area contributed by atoms with Crippen LogP contribution in [0.4, 0.5) is 0 Å². The molecule has 0 saturated carbocycles. The van der Waals surface area contributed by atoms with Crippen LogP contribution in [0.25, 0.3) is 0 Å². The molecule has 3 nitrogen and oxygen atoms in total. The largest absolute Gasteiger partial charge is 0.317 e. The van der Waals surface area contributed by atoms with E-state index in [0.717, 1.165) is 0 Å². The molecule has 1 heterocycles. The maximum atomic E-state index is 3.52. The highest BCUT2D eigenvalue weighted by Gasteiger charge is 1.99. The molecule has 0 spiro atoms. The van der Waals surface area contributed by atoms with Crippen molar-refractivity contribution in [2.45, 2.75) is 38.5 Å². The first-order valence-electron chi connectivity index (χ1n) is 6.99. The van der Waals surface area contributed by atoms with Gasteiger partial charge in [-0.3, -0.25) is 0 Å². The molecule has 2 N–H and O–H groups in total. The number of rotatable bonds is 0. The third-order valence-electron chi connectivity index (χ3n) is 3.24. The van der Waals surface area contributed by atoms with E-state index >= 15 is 0 Å². The topological polar surface area (TPSA) is 27.3 Å². The summed E-state index contributed by atoms with van der Waals surface area (Å²) in [6.45, 7) is 7.29. The molecule has 0 aromatic carbocycles. The van der Waals surface area contributed by atoms with E-state index in [4.69, 9.17) is 0 Å². The molecule has 96 valence electrons. The highest BCUT2D eigenvalue weighted by atomic mass is 15.1. The quantitative estimate of drug-likeness (QED) is 0.656. The van der Waals surface area contributed by atoms with Gasteiger partial charge in [-0.15, -0.1) is 0 Å². The minimum absolute atomic E-state index is 1.19. The molecule has 1 aliphatic rings. The normalized spacial score (nSPS) is 24.6. The molecular formula is C13H29N3. The van der Waals surface area contributed by atoms with Crippen LogP contribution < -0.4 is 10.6 Å². The van der Waals surface area contributed by atoms with E-state index in [-0.39, 0.29) is 0 Å². The van der Waals surface area contributed by atoms with Crippen molar-refractivity contribution in [1.29, 1.82) is 0 Å². The van der Waals surface area contributed by atoms with E-state index in [9.17, 15) is 0 Å². The Kier molecular flexibility index (Phi) is 8.77. The van der Waals surface area contributed by atoms with Crippen molar-refractivity contribution in [3.8, 4) is 0 Å². The highest BCUT2D eigenvalue weighted by molar-refractivity contribution is 4.58. The van der Waals surface area contributed by atoms with Gasteiger partial charge in [0.1, 0.15) is 0 Å². The van der Waals surface area contributed by atoms with Crippen molar-refractivity contribution >= 4 is 0 Å². The van der Waals surface area contributed by atoms with E-state index in [1.807, 2.05) is 0 Å². The second kappa shape index (κ2) is 10.1. The van der Waals surface area contributed by atoms with Crippen LogP contribution in [0.15, 0.2) is 0 Å². The lowest BCUT2D eigenvalue weighted by molar-refractivity contribution is 0.317. The first-order valence-corrected chi connectivity index (χ1v) is 6.99. The highest BCUT2D eigenvalue weighted by Crippen LogP contribution is 1.97. The summed E-state index contributed by atoms with van der Waals surface area (Å²) in [6, 6.07) is 0. The van der Waals surface area contributed by atoms with Crippen molar-refractivity contribution in [2.24, 2.45) is 0 Å². The maximum absolute atomic E-state index is 3.52. The zero-order chi connectivity index (χ0) is 11.5. The van der Waals surface area contributed by atoms with E-state index in [1.165, 1.54) is 77.8 Å². The Hall–Kier alpha value is -0.120. The van der Waals surface area contributed by atoms with E-state index in [1.54, 1.807) is 0 Å². The van der Waals surface area contributed by atoms with E-state index < -0.39 is 0 Å². The van der Waals surface area contributed by atoms with Gasteiger partial charge in [0.05, 0.1) is 0 Å². The van der Waals surface area contributed by atoms with Gasteiger partial charge >= 0.3 is 0 Å². The number of hydrogen-bond acceptors (Lipinski definition) is 3. The minimum Gasteiger partial charge on any atom is -0.317 e. The first kappa shape index (κ1) is 13.9. The van der Waals surface area contributed by atoms with Crippen LogP contribution >= 0.6 is 0 Å². The van der Waals surface area contributed by atoms with Gasteiger partial charge in [-0.25, -0.2) is 0 Å². The lowest BCUT2D eigenvalue weighted by Crippen LogP contribution is -2.23. The van der Waals surface area contributed by atoms with Crippen LogP contribution in [0.1, 0.15) is 38.5 Å². The van der Waals surface area contributed by atoms with Crippen molar-refractivity contribution in [3.63, 3.8) is 0 Å². The minimum atomic E-state index is 1.19. The fraction of sp³-hybridized carbons (Fsp3) is 1.00. The molecule has 0 amide bonds. The third kappa shape index (κ3) is 8.08. The Balaban J connectivity index is 2.10. The molecule has 0 aromatic heterocycles. The summed E-state index contributed by atoms with van der Waals surface area (Å²) in [5.41, 5.74) is 0. The van der Waals surface area contributed by atoms with Gasteiger partial charge in [0, 0.05) is 0 Å². The van der Waals surface area contributed by atoms with Crippen molar-refractivity contribution in [1.82, 2.24) is 15.5 Å². The van der Waals surface area contributed by atoms with Gasteiger partial charge in [0.25, 0.3) is 0 Å². The van der Waals surface area contributed by atoms with Crippen molar-refractivity contribution in [2.75, 3.05) is 46.3 Å². The van der Waals surface area contributed by atoms with Crippen LogP contribution in [0.3, 0.4) is 0 Å². The number of nitrogens with zero attached hydrogens (tertiary/aromatic N) is 1. The van der Waals surface area contributed by atoms with Crippen LogP contribution in [0, 0.1) is 0 Å². The van der Waals surface area contributed by atoms with Gasteiger partial charge in [-0.1, -0.05) is 0 Å². The molecule has 0 bridgehead atoms. The molecule has 0 radical (unpaired) electrons. The Labute approximate surface area is 101 Å². The summed E-state index contributed by atoms with van der Waals surface area (Å²) in [4.78, 5) is 2.47. The Morgan fingerprint density at radius 3 is 1.44 bits per heavy atom. The summed E-state index contributed by atoms with van der Waals surface area (Å²) >= 11 is 0. The predicted molar refractivity (Wildman–Crippen MR) is 70.9 cm³/mol. The fourth-order valence-electron chi connectivity index (χ4n) is 2.13. The van der Waals surface area contributed by atoms with Gasteiger partial charge in [-0.2, -0.15) is 0 Å². The standard InChI is InChI=1S/C13H29N3/c1-16-12-6-4-10-14-8-2-3-9-15-11-5-7-13-16/h14-15H,2-13H2,1H3. The van der Waals surface area contributed by atoms with Crippen LogP contribution in [-0.4, -0.2) is 51.2 Å². The molecule has 1 aliphatic heterocycles. The summed E-state index contributed by atoms with van der Waals surface area (Å²) in [5.74, 6) is 0.